The Morgan fingerprint density at radius 2 is 1.40 bits per heavy atom. The lowest BCUT2D eigenvalue weighted by Crippen LogP contribution is -1.98. The molecule has 0 aliphatic heterocycles. The van der Waals surface area contributed by atoms with Crippen LogP contribution in [-0.4, -0.2) is 4.98 Å². The Labute approximate surface area is 119 Å². The Kier molecular flexibility index (Phi) is 3.67. The van der Waals surface area contributed by atoms with Crippen molar-refractivity contribution >= 4 is 13.9 Å². The molecule has 1 aromatic heterocycles. The average Bonchev–Trinajstić information content (AvgIpc) is 2.56. The summed E-state index contributed by atoms with van der Waals surface area (Å²) in [4.78, 5) is 4.37. The molecule has 2 nitrogen and oxygen atoms in total. The van der Waals surface area contributed by atoms with E-state index in [0.29, 0.717) is 5.44 Å². The molecule has 0 radical (unpaired) electrons. The Balaban J connectivity index is 2.05. The fraction of sp³-hybridized carbons (Fsp3) is 0. The highest BCUT2D eigenvalue weighted by Gasteiger charge is 2.03. The highest BCUT2D eigenvalue weighted by molar-refractivity contribution is 7.33. The van der Waals surface area contributed by atoms with E-state index in [1.54, 1.807) is 6.07 Å². The van der Waals surface area contributed by atoms with E-state index in [1.807, 2.05) is 42.5 Å². The molecule has 0 aliphatic carbocycles. The number of nitrogens with zero attached hydrogens (tertiary/aromatic N) is 1. The summed E-state index contributed by atoms with van der Waals surface area (Å²) in [6.07, 6.45) is 0. The number of pyridine rings is 1. The lowest BCUT2D eigenvalue weighted by molar-refractivity contribution is 0.602. The molecule has 0 unspecified atom stereocenters. The largest absolute Gasteiger partial charge is 0.268 e. The van der Waals surface area contributed by atoms with Crippen LogP contribution in [-0.2, 0) is 4.57 Å². The summed E-state index contributed by atoms with van der Waals surface area (Å²) in [5.41, 5.74) is 4.73. The third-order valence-corrected chi connectivity index (χ3v) is 3.53. The van der Waals surface area contributed by atoms with Crippen molar-refractivity contribution in [2.45, 2.75) is 0 Å². The summed E-state index contributed by atoms with van der Waals surface area (Å²) in [7, 11) is -0.0513. The van der Waals surface area contributed by atoms with E-state index in [1.165, 1.54) is 5.56 Å². The van der Waals surface area contributed by atoms with Gasteiger partial charge >= 0.3 is 0 Å². The molecule has 0 N–H and O–H groups in total. The van der Waals surface area contributed by atoms with Gasteiger partial charge in [-0.3, -0.25) is 4.57 Å². The van der Waals surface area contributed by atoms with Gasteiger partial charge in [0.05, 0.1) is 5.69 Å². The van der Waals surface area contributed by atoms with Gasteiger partial charge in [0.15, 0.2) is 0 Å². The van der Waals surface area contributed by atoms with Gasteiger partial charge in [-0.2, -0.15) is 0 Å². The summed E-state index contributed by atoms with van der Waals surface area (Å²) >= 11 is 0. The predicted molar refractivity (Wildman–Crippen MR) is 82.3 cm³/mol. The molecule has 0 saturated heterocycles. The Hall–Kier alpha value is -2.31. The van der Waals surface area contributed by atoms with E-state index in [0.717, 1.165) is 16.8 Å². The summed E-state index contributed by atoms with van der Waals surface area (Å²) in [6.45, 7) is 0. The van der Waals surface area contributed by atoms with Gasteiger partial charge in [-0.15, -0.1) is 0 Å². The molecule has 0 amide bonds. The van der Waals surface area contributed by atoms with Crippen molar-refractivity contribution in [1.29, 1.82) is 0 Å². The molecule has 0 fully saturated rings. The van der Waals surface area contributed by atoms with E-state index in [2.05, 4.69) is 29.2 Å². The second-order valence-electron chi connectivity index (χ2n) is 4.42. The summed E-state index contributed by atoms with van der Waals surface area (Å²) < 4.78 is 10.9. The van der Waals surface area contributed by atoms with Gasteiger partial charge in [-0.1, -0.05) is 54.6 Å². The van der Waals surface area contributed by atoms with Gasteiger partial charge < -0.3 is 0 Å². The van der Waals surface area contributed by atoms with Crippen LogP contribution in [0.3, 0.4) is 0 Å². The molecule has 3 heteroatoms. The topological polar surface area (TPSA) is 30.0 Å². The molecule has 0 bridgehead atoms. The van der Waals surface area contributed by atoms with Gasteiger partial charge in [0.2, 0.25) is 8.46 Å². The van der Waals surface area contributed by atoms with Gasteiger partial charge in [0.1, 0.15) is 5.44 Å². The van der Waals surface area contributed by atoms with Crippen molar-refractivity contribution in [2.75, 3.05) is 0 Å². The van der Waals surface area contributed by atoms with Crippen molar-refractivity contribution < 1.29 is 4.57 Å². The van der Waals surface area contributed by atoms with Gasteiger partial charge in [-0.05, 0) is 29.3 Å². The predicted octanol–water partition coefficient (Wildman–Crippen LogP) is 4.33. The quantitative estimate of drug-likeness (QED) is 0.667. The second kappa shape index (κ2) is 5.77. The molecule has 2 aromatic carbocycles. The monoisotopic (exact) mass is 277 g/mol. The van der Waals surface area contributed by atoms with Crippen LogP contribution in [0.25, 0.3) is 22.4 Å². The first-order valence-electron chi connectivity index (χ1n) is 6.33. The highest BCUT2D eigenvalue weighted by Crippen LogP contribution is 2.24. The average molecular weight is 277 g/mol. The molecule has 0 spiro atoms. The van der Waals surface area contributed by atoms with Crippen LogP contribution in [0.5, 0.6) is 0 Å². The molecule has 0 aliphatic rings. The Morgan fingerprint density at radius 1 is 0.700 bits per heavy atom. The number of rotatable bonds is 3. The maximum absolute atomic E-state index is 10.9. The molecule has 3 aromatic rings. The first-order valence-corrected chi connectivity index (χ1v) is 7.14. The van der Waals surface area contributed by atoms with Crippen molar-refractivity contribution in [2.24, 2.45) is 0 Å². The van der Waals surface area contributed by atoms with E-state index in [4.69, 9.17) is 0 Å². The zero-order chi connectivity index (χ0) is 13.8. The van der Waals surface area contributed by atoms with Crippen molar-refractivity contribution in [3.8, 4) is 22.4 Å². The number of hydrogen-bond acceptors (Lipinski definition) is 2. The number of hydrogen-bond donors (Lipinski definition) is 0. The van der Waals surface area contributed by atoms with Crippen molar-refractivity contribution in [1.82, 2.24) is 4.98 Å². The molecule has 0 saturated carbocycles. The van der Waals surface area contributed by atoms with Gasteiger partial charge in [-0.25, -0.2) is 4.98 Å². The lowest BCUT2D eigenvalue weighted by atomic mass is 10.0. The molecule has 20 heavy (non-hydrogen) atoms. The SMILES string of the molecule is O=Pc1cccc(-c2cccc(-c3ccccc3)c2)n1. The van der Waals surface area contributed by atoms with E-state index in [9.17, 15) is 4.57 Å². The third-order valence-electron chi connectivity index (χ3n) is 3.09. The van der Waals surface area contributed by atoms with Crippen LogP contribution in [0.4, 0.5) is 0 Å². The normalized spacial score (nSPS) is 10.6. The van der Waals surface area contributed by atoms with Crippen LogP contribution >= 0.6 is 8.46 Å². The standard InChI is InChI=1S/C17H12NOP/c19-20-17-11-5-10-16(18-17)15-9-4-8-14(12-15)13-6-2-1-3-7-13/h1-12H. The van der Waals surface area contributed by atoms with E-state index in [-0.39, 0.29) is 8.46 Å². The number of benzene rings is 2. The summed E-state index contributed by atoms with van der Waals surface area (Å²) in [6, 6.07) is 24.0. The minimum Gasteiger partial charge on any atom is -0.268 e. The van der Waals surface area contributed by atoms with Crippen LogP contribution in [0.1, 0.15) is 0 Å². The zero-order valence-electron chi connectivity index (χ0n) is 10.7. The fourth-order valence-electron chi connectivity index (χ4n) is 2.12. The van der Waals surface area contributed by atoms with Crippen molar-refractivity contribution in [3.05, 3.63) is 72.8 Å². The molecule has 1 heterocycles. The smallest absolute Gasteiger partial charge is 0.212 e. The first-order chi connectivity index (χ1) is 9.86. The highest BCUT2D eigenvalue weighted by atomic mass is 31.1. The van der Waals surface area contributed by atoms with E-state index >= 15 is 0 Å². The Morgan fingerprint density at radius 3 is 2.20 bits per heavy atom. The summed E-state index contributed by atoms with van der Waals surface area (Å²) in [5, 5.41) is 0. The van der Waals surface area contributed by atoms with Gasteiger partial charge in [0.25, 0.3) is 0 Å². The third kappa shape index (κ3) is 2.66. The van der Waals surface area contributed by atoms with Gasteiger partial charge in [0, 0.05) is 5.56 Å². The van der Waals surface area contributed by atoms with Crippen LogP contribution in [0.15, 0.2) is 72.8 Å². The lowest BCUT2D eigenvalue weighted by Gasteiger charge is -2.05. The molecule has 3 rings (SSSR count). The minimum atomic E-state index is -0.0513. The van der Waals surface area contributed by atoms with E-state index < -0.39 is 0 Å². The molecule has 96 valence electrons. The maximum atomic E-state index is 10.9. The van der Waals surface area contributed by atoms with Crippen LogP contribution in [0.2, 0.25) is 0 Å². The Bertz CT molecular complexity index is 741. The van der Waals surface area contributed by atoms with Crippen molar-refractivity contribution in [3.63, 3.8) is 0 Å². The molecule has 0 atom stereocenters. The molecular weight excluding hydrogens is 265 g/mol. The zero-order valence-corrected chi connectivity index (χ0v) is 11.6. The maximum Gasteiger partial charge on any atom is 0.212 e. The first kappa shape index (κ1) is 12.7. The minimum absolute atomic E-state index is 0.0513. The fourth-order valence-corrected chi connectivity index (χ4v) is 2.42. The van der Waals surface area contributed by atoms with Crippen LogP contribution in [0, 0.1) is 0 Å². The van der Waals surface area contributed by atoms with Crippen LogP contribution < -0.4 is 5.44 Å². The second-order valence-corrected chi connectivity index (χ2v) is 5.06. The summed E-state index contributed by atoms with van der Waals surface area (Å²) in [5.74, 6) is 0. The molecular formula is C17H12NOP. The number of aromatic nitrogens is 1.